The van der Waals surface area contributed by atoms with Gasteiger partial charge < -0.3 is 9.47 Å². The number of rotatable bonds is 1. The van der Waals surface area contributed by atoms with Crippen molar-refractivity contribution in [3.8, 4) is 0 Å². The summed E-state index contributed by atoms with van der Waals surface area (Å²) in [6.45, 7) is 1.79. The maximum absolute atomic E-state index is 5.12. The first-order valence-electron chi connectivity index (χ1n) is 2.97. The van der Waals surface area contributed by atoms with E-state index in [0.717, 1.165) is 12.8 Å². The number of hydrogen-bond donors (Lipinski definition) is 0. The van der Waals surface area contributed by atoms with Crippen LogP contribution in [0.3, 0.4) is 0 Å². The van der Waals surface area contributed by atoms with Gasteiger partial charge in [-0.25, -0.2) is 0 Å². The van der Waals surface area contributed by atoms with Gasteiger partial charge in [0, 0.05) is 18.4 Å². The summed E-state index contributed by atoms with van der Waals surface area (Å²) in [5.41, 5.74) is 0. The Kier molecular flexibility index (Phi) is 2.95. The first kappa shape index (κ1) is 7.51. The van der Waals surface area contributed by atoms with E-state index in [-0.39, 0.29) is 6.29 Å². The normalized spacial score (nSPS) is 36.7. The van der Waals surface area contributed by atoms with E-state index >= 15 is 0 Å². The van der Waals surface area contributed by atoms with Gasteiger partial charge in [0.05, 0.1) is 6.61 Å². The molecule has 2 nitrogen and oxygen atoms in total. The van der Waals surface area contributed by atoms with E-state index in [9.17, 15) is 0 Å². The monoisotopic (exact) mass is 193 g/mol. The van der Waals surface area contributed by atoms with Gasteiger partial charge in [-0.15, -0.1) is 0 Å². The number of hydrogen-bond acceptors (Lipinski definition) is 2. The van der Waals surface area contributed by atoms with E-state index in [1.54, 1.807) is 13.7 Å². The molecule has 0 spiro atoms. The molecule has 9 heavy (non-hydrogen) atoms. The van der Waals surface area contributed by atoms with Gasteiger partial charge in [-0.3, -0.25) is 0 Å². The van der Waals surface area contributed by atoms with Crippen LogP contribution in [0.5, 0.6) is 0 Å². The number of halogens is 1. The zero-order valence-electron chi connectivity index (χ0n) is 5.34. The first-order valence-corrected chi connectivity index (χ1v) is 3.88. The first-order chi connectivity index (χ1) is 4.33. The lowest BCUT2D eigenvalue weighted by molar-refractivity contribution is -0.117. The zero-order valence-corrected chi connectivity index (χ0v) is 6.93. The molecule has 1 aliphatic heterocycles. The van der Waals surface area contributed by atoms with Crippen LogP contribution in [-0.4, -0.2) is 18.2 Å². The Bertz CT molecular complexity index is 87.1. The second kappa shape index (κ2) is 3.54. The lowest BCUT2D eigenvalue weighted by Gasteiger charge is -2.23. The van der Waals surface area contributed by atoms with Crippen molar-refractivity contribution in [1.82, 2.24) is 0 Å². The van der Waals surface area contributed by atoms with E-state index < -0.39 is 0 Å². The molecule has 3 heteroatoms. The molecule has 0 N–H and O–H groups in total. The highest BCUT2D eigenvalue weighted by atomic mass is 79.9. The van der Waals surface area contributed by atoms with E-state index in [2.05, 4.69) is 15.9 Å². The van der Waals surface area contributed by atoms with Gasteiger partial charge >= 0.3 is 0 Å². The molecule has 2 atom stereocenters. The summed E-state index contributed by atoms with van der Waals surface area (Å²) in [6, 6.07) is 0. The highest BCUT2D eigenvalue weighted by molar-refractivity contribution is 9.09. The van der Waals surface area contributed by atoms with Gasteiger partial charge in [-0.2, -0.15) is 0 Å². The fraction of sp³-hybridized carbons (Fsp3) is 0.833. The molecule has 53 valence electrons. The second-order valence-corrected chi connectivity index (χ2v) is 3.33. The molecule has 1 saturated heterocycles. The predicted molar refractivity (Wildman–Crippen MR) is 38.1 cm³/mol. The van der Waals surface area contributed by atoms with Crippen LogP contribution in [0.4, 0.5) is 0 Å². The van der Waals surface area contributed by atoms with Gasteiger partial charge in [-0.1, -0.05) is 15.9 Å². The third-order valence-electron chi connectivity index (χ3n) is 1.31. The molecular weight excluding hydrogens is 184 g/mol. The Morgan fingerprint density at radius 3 is 3.00 bits per heavy atom. The van der Waals surface area contributed by atoms with Gasteiger partial charge in [-0.05, 0) is 6.42 Å². The summed E-state index contributed by atoms with van der Waals surface area (Å²) in [7, 11) is 1.66. The quantitative estimate of drug-likeness (QED) is 0.591. The molecule has 1 rings (SSSR count). The van der Waals surface area contributed by atoms with Crippen LogP contribution in [0, 0.1) is 6.61 Å². The Balaban J connectivity index is 2.23. The lowest BCUT2D eigenvalue weighted by atomic mass is 10.2. The molecule has 0 aromatic carbocycles. The summed E-state index contributed by atoms with van der Waals surface area (Å²) in [4.78, 5) is 0.524. The summed E-state index contributed by atoms with van der Waals surface area (Å²) < 4.78 is 10.1. The van der Waals surface area contributed by atoms with Gasteiger partial charge in [0.25, 0.3) is 0 Å². The van der Waals surface area contributed by atoms with Crippen LogP contribution in [0.25, 0.3) is 0 Å². The van der Waals surface area contributed by atoms with Crippen LogP contribution in [-0.2, 0) is 9.47 Å². The molecule has 0 saturated carbocycles. The van der Waals surface area contributed by atoms with Crippen LogP contribution in [0.1, 0.15) is 12.8 Å². The average Bonchev–Trinajstić information content (AvgIpc) is 1.88. The SMILES string of the molecule is COC1CC(Br)C[CH]O1. The Labute approximate surface area is 63.7 Å². The minimum Gasteiger partial charge on any atom is -0.356 e. The Hall–Kier alpha value is 0.400. The van der Waals surface area contributed by atoms with Crippen molar-refractivity contribution in [2.45, 2.75) is 24.0 Å². The topological polar surface area (TPSA) is 18.5 Å². The maximum atomic E-state index is 5.12. The molecular formula is C6H10BrO2. The molecule has 0 aliphatic carbocycles. The highest BCUT2D eigenvalue weighted by Crippen LogP contribution is 2.22. The highest BCUT2D eigenvalue weighted by Gasteiger charge is 2.19. The van der Waals surface area contributed by atoms with Crippen LogP contribution in [0.15, 0.2) is 0 Å². The second-order valence-electron chi connectivity index (χ2n) is 2.04. The predicted octanol–water partition coefficient (Wildman–Crippen LogP) is 1.69. The molecule has 0 aromatic heterocycles. The number of methoxy groups -OCH3 is 1. The fourth-order valence-electron chi connectivity index (χ4n) is 0.780. The molecule has 0 amide bonds. The molecule has 1 heterocycles. The Morgan fingerprint density at radius 1 is 1.78 bits per heavy atom. The summed E-state index contributed by atoms with van der Waals surface area (Å²) in [5, 5.41) is 0. The molecule has 0 bridgehead atoms. The minimum atomic E-state index is -0.0388. The van der Waals surface area contributed by atoms with Crippen LogP contribution in [0.2, 0.25) is 0 Å². The van der Waals surface area contributed by atoms with Gasteiger partial charge in [0.1, 0.15) is 0 Å². The van der Waals surface area contributed by atoms with Crippen LogP contribution < -0.4 is 0 Å². The lowest BCUT2D eigenvalue weighted by Crippen LogP contribution is -2.24. The van der Waals surface area contributed by atoms with E-state index in [1.165, 1.54) is 0 Å². The zero-order chi connectivity index (χ0) is 6.69. The summed E-state index contributed by atoms with van der Waals surface area (Å²) in [6.07, 6.45) is 1.87. The van der Waals surface area contributed by atoms with Crippen molar-refractivity contribution < 1.29 is 9.47 Å². The minimum absolute atomic E-state index is 0.0388. The van der Waals surface area contributed by atoms with Crippen molar-refractivity contribution >= 4 is 15.9 Å². The molecule has 2 unspecified atom stereocenters. The number of ether oxygens (including phenoxy) is 2. The molecule has 0 aromatic rings. The van der Waals surface area contributed by atoms with Gasteiger partial charge in [0.2, 0.25) is 0 Å². The third kappa shape index (κ3) is 2.24. The largest absolute Gasteiger partial charge is 0.356 e. The number of alkyl halides is 1. The summed E-state index contributed by atoms with van der Waals surface area (Å²) in [5.74, 6) is 0. The van der Waals surface area contributed by atoms with Gasteiger partial charge in [0.15, 0.2) is 6.29 Å². The van der Waals surface area contributed by atoms with E-state index in [1.807, 2.05) is 0 Å². The molecule has 1 fully saturated rings. The van der Waals surface area contributed by atoms with Crippen molar-refractivity contribution in [3.63, 3.8) is 0 Å². The standard InChI is InChI=1S/C6H10BrO2/c1-8-6-4-5(7)2-3-9-6/h3,5-6H,2,4H2,1H3. The molecule has 1 aliphatic rings. The van der Waals surface area contributed by atoms with Crippen molar-refractivity contribution in [3.05, 3.63) is 6.61 Å². The maximum Gasteiger partial charge on any atom is 0.158 e. The van der Waals surface area contributed by atoms with E-state index in [4.69, 9.17) is 9.47 Å². The van der Waals surface area contributed by atoms with Crippen molar-refractivity contribution in [1.29, 1.82) is 0 Å². The average molecular weight is 194 g/mol. The van der Waals surface area contributed by atoms with Crippen LogP contribution >= 0.6 is 15.9 Å². The molecule has 1 radical (unpaired) electrons. The van der Waals surface area contributed by atoms with Crippen molar-refractivity contribution in [2.24, 2.45) is 0 Å². The fourth-order valence-corrected chi connectivity index (χ4v) is 1.24. The Morgan fingerprint density at radius 2 is 2.56 bits per heavy atom. The summed E-state index contributed by atoms with van der Waals surface area (Å²) >= 11 is 3.48. The van der Waals surface area contributed by atoms with E-state index in [0.29, 0.717) is 4.83 Å². The smallest absolute Gasteiger partial charge is 0.158 e. The third-order valence-corrected chi connectivity index (χ3v) is 2.06. The van der Waals surface area contributed by atoms with Crippen molar-refractivity contribution in [2.75, 3.05) is 7.11 Å².